The summed E-state index contributed by atoms with van der Waals surface area (Å²) in [6, 6.07) is 8.36. The van der Waals surface area contributed by atoms with Crippen molar-refractivity contribution in [2.24, 2.45) is 0 Å². The van der Waals surface area contributed by atoms with Gasteiger partial charge in [0, 0.05) is 7.05 Å². The van der Waals surface area contributed by atoms with E-state index in [1.165, 1.54) is 17.7 Å². The Hall–Kier alpha value is -1.02. The molecular weight excluding hydrogens is 172 g/mol. The van der Waals surface area contributed by atoms with Crippen LogP contribution in [-0.4, -0.2) is 7.05 Å². The normalized spacial score (nSPS) is 8.86. The van der Waals surface area contributed by atoms with E-state index in [1.54, 1.807) is 0 Å². The summed E-state index contributed by atoms with van der Waals surface area (Å²) < 4.78 is 0. The predicted octanol–water partition coefficient (Wildman–Crippen LogP) is 3.21. The van der Waals surface area contributed by atoms with E-state index < -0.39 is 0 Å². The van der Waals surface area contributed by atoms with E-state index in [9.17, 15) is 0 Å². The Morgan fingerprint density at radius 2 is 1.79 bits per heavy atom. The zero-order chi connectivity index (χ0) is 10.8. The number of hydrazine groups is 1. The fourth-order valence-electron chi connectivity index (χ4n) is 1.26. The van der Waals surface area contributed by atoms with E-state index in [4.69, 9.17) is 0 Å². The quantitative estimate of drug-likeness (QED) is 0.719. The Morgan fingerprint density at radius 1 is 1.14 bits per heavy atom. The lowest BCUT2D eigenvalue weighted by Crippen LogP contribution is -2.16. The SMILES string of the molecule is CC.CCCc1ccccc1NNC. The molecule has 0 heterocycles. The number of nitrogens with one attached hydrogen (secondary N) is 2. The predicted molar refractivity (Wildman–Crippen MR) is 64.5 cm³/mol. The first-order valence-electron chi connectivity index (χ1n) is 5.39. The first kappa shape index (κ1) is 13.0. The van der Waals surface area contributed by atoms with Crippen LogP contribution in [0.15, 0.2) is 24.3 Å². The van der Waals surface area contributed by atoms with Gasteiger partial charge in [-0.05, 0) is 18.1 Å². The van der Waals surface area contributed by atoms with Crippen LogP contribution < -0.4 is 10.9 Å². The lowest BCUT2D eigenvalue weighted by molar-refractivity contribution is 0.907. The molecule has 0 aromatic heterocycles. The van der Waals surface area contributed by atoms with Crippen molar-refractivity contribution in [2.45, 2.75) is 33.6 Å². The molecule has 0 aliphatic carbocycles. The Labute approximate surface area is 87.7 Å². The highest BCUT2D eigenvalue weighted by Gasteiger charge is 1.97. The van der Waals surface area contributed by atoms with Gasteiger partial charge >= 0.3 is 0 Å². The molecule has 0 atom stereocenters. The molecule has 0 saturated heterocycles. The van der Waals surface area contributed by atoms with Gasteiger partial charge in [0.2, 0.25) is 0 Å². The summed E-state index contributed by atoms with van der Waals surface area (Å²) in [5, 5.41) is 0. The van der Waals surface area contributed by atoms with Crippen LogP contribution in [0.3, 0.4) is 0 Å². The van der Waals surface area contributed by atoms with Crippen LogP contribution in [-0.2, 0) is 6.42 Å². The Bertz CT molecular complexity index is 209. The van der Waals surface area contributed by atoms with Gasteiger partial charge in [0.05, 0.1) is 5.69 Å². The number of benzene rings is 1. The standard InChI is InChI=1S/C10H16N2.C2H6/c1-3-6-9-7-4-5-8-10(9)12-11-2;1-2/h4-5,7-8,11-12H,3,6H2,1-2H3;1-2H3. The summed E-state index contributed by atoms with van der Waals surface area (Å²) in [5.41, 5.74) is 8.60. The van der Waals surface area contributed by atoms with E-state index >= 15 is 0 Å². The fourth-order valence-corrected chi connectivity index (χ4v) is 1.26. The molecule has 0 fully saturated rings. The molecule has 0 saturated carbocycles. The van der Waals surface area contributed by atoms with Gasteiger partial charge in [-0.2, -0.15) is 0 Å². The van der Waals surface area contributed by atoms with Crippen molar-refractivity contribution < 1.29 is 0 Å². The maximum atomic E-state index is 3.11. The third-order valence-corrected chi connectivity index (χ3v) is 1.80. The van der Waals surface area contributed by atoms with Crippen LogP contribution in [0.4, 0.5) is 5.69 Å². The average molecular weight is 194 g/mol. The smallest absolute Gasteiger partial charge is 0.0519 e. The number of anilines is 1. The van der Waals surface area contributed by atoms with Crippen LogP contribution in [0.1, 0.15) is 32.8 Å². The summed E-state index contributed by atoms with van der Waals surface area (Å²) in [6.45, 7) is 6.19. The van der Waals surface area contributed by atoms with Crippen molar-refractivity contribution in [1.82, 2.24) is 5.43 Å². The summed E-state index contributed by atoms with van der Waals surface area (Å²) in [7, 11) is 1.88. The Morgan fingerprint density at radius 3 is 2.36 bits per heavy atom. The van der Waals surface area contributed by atoms with E-state index in [0.717, 1.165) is 6.42 Å². The molecule has 2 heteroatoms. The van der Waals surface area contributed by atoms with Crippen LogP contribution >= 0.6 is 0 Å². The minimum atomic E-state index is 1.13. The molecule has 0 unspecified atom stereocenters. The third-order valence-electron chi connectivity index (χ3n) is 1.80. The topological polar surface area (TPSA) is 24.1 Å². The average Bonchev–Trinajstić information content (AvgIpc) is 2.25. The molecule has 0 spiro atoms. The summed E-state index contributed by atoms with van der Waals surface area (Å²) in [6.07, 6.45) is 2.31. The molecule has 14 heavy (non-hydrogen) atoms. The first-order valence-corrected chi connectivity index (χ1v) is 5.39. The molecule has 2 N–H and O–H groups in total. The summed E-state index contributed by atoms with van der Waals surface area (Å²) in [4.78, 5) is 0. The van der Waals surface area contributed by atoms with Crippen molar-refractivity contribution in [3.8, 4) is 0 Å². The Kier molecular flexibility index (Phi) is 7.95. The van der Waals surface area contributed by atoms with Gasteiger partial charge in [0.25, 0.3) is 0 Å². The van der Waals surface area contributed by atoms with Gasteiger partial charge < -0.3 is 5.43 Å². The molecule has 0 aliphatic rings. The number of aryl methyl sites for hydroxylation is 1. The molecule has 1 aromatic rings. The van der Waals surface area contributed by atoms with Gasteiger partial charge in [0.1, 0.15) is 0 Å². The number of para-hydroxylation sites is 1. The molecule has 0 radical (unpaired) electrons. The highest BCUT2D eigenvalue weighted by molar-refractivity contribution is 5.50. The Balaban J connectivity index is 0.000000791. The molecule has 1 rings (SSSR count). The molecule has 0 amide bonds. The van der Waals surface area contributed by atoms with E-state index in [2.05, 4.69) is 36.0 Å². The summed E-state index contributed by atoms with van der Waals surface area (Å²) >= 11 is 0. The molecule has 0 bridgehead atoms. The maximum Gasteiger partial charge on any atom is 0.0519 e. The molecule has 2 nitrogen and oxygen atoms in total. The number of hydrogen-bond donors (Lipinski definition) is 2. The van der Waals surface area contributed by atoms with Gasteiger partial charge in [0.15, 0.2) is 0 Å². The number of hydrogen-bond acceptors (Lipinski definition) is 2. The first-order chi connectivity index (χ1) is 6.88. The van der Waals surface area contributed by atoms with Crippen LogP contribution in [0.25, 0.3) is 0 Å². The lowest BCUT2D eigenvalue weighted by atomic mass is 10.1. The molecule has 0 aliphatic heterocycles. The summed E-state index contributed by atoms with van der Waals surface area (Å²) in [5.74, 6) is 0. The van der Waals surface area contributed by atoms with Gasteiger partial charge in [-0.1, -0.05) is 45.4 Å². The van der Waals surface area contributed by atoms with Crippen molar-refractivity contribution >= 4 is 5.69 Å². The van der Waals surface area contributed by atoms with E-state index in [-0.39, 0.29) is 0 Å². The van der Waals surface area contributed by atoms with Crippen molar-refractivity contribution in [3.05, 3.63) is 29.8 Å². The third kappa shape index (κ3) is 4.28. The monoisotopic (exact) mass is 194 g/mol. The second-order valence-corrected chi connectivity index (χ2v) is 2.78. The van der Waals surface area contributed by atoms with Crippen molar-refractivity contribution in [3.63, 3.8) is 0 Å². The van der Waals surface area contributed by atoms with E-state index in [0.29, 0.717) is 0 Å². The zero-order valence-electron chi connectivity index (χ0n) is 9.72. The highest BCUT2D eigenvalue weighted by Crippen LogP contribution is 2.15. The van der Waals surface area contributed by atoms with Gasteiger partial charge in [-0.25, -0.2) is 5.43 Å². The zero-order valence-corrected chi connectivity index (χ0v) is 9.72. The minimum absolute atomic E-state index is 1.13. The van der Waals surface area contributed by atoms with Gasteiger partial charge in [-0.15, -0.1) is 0 Å². The van der Waals surface area contributed by atoms with Gasteiger partial charge in [-0.3, -0.25) is 0 Å². The second-order valence-electron chi connectivity index (χ2n) is 2.78. The maximum absolute atomic E-state index is 3.11. The van der Waals surface area contributed by atoms with Crippen LogP contribution in [0.5, 0.6) is 0 Å². The lowest BCUT2D eigenvalue weighted by Gasteiger charge is -2.09. The number of rotatable bonds is 4. The van der Waals surface area contributed by atoms with Crippen LogP contribution in [0, 0.1) is 0 Å². The minimum Gasteiger partial charge on any atom is -0.321 e. The van der Waals surface area contributed by atoms with Crippen LogP contribution in [0.2, 0.25) is 0 Å². The highest BCUT2D eigenvalue weighted by atomic mass is 15.3. The van der Waals surface area contributed by atoms with Crippen molar-refractivity contribution in [1.29, 1.82) is 0 Å². The van der Waals surface area contributed by atoms with Crippen molar-refractivity contribution in [2.75, 3.05) is 12.5 Å². The molecular formula is C12H22N2. The molecule has 80 valence electrons. The molecule has 1 aromatic carbocycles. The van der Waals surface area contributed by atoms with E-state index in [1.807, 2.05) is 27.0 Å². The second kappa shape index (κ2) is 8.57. The fraction of sp³-hybridized carbons (Fsp3) is 0.500. The largest absolute Gasteiger partial charge is 0.321 e.